The summed E-state index contributed by atoms with van der Waals surface area (Å²) >= 11 is 0. The molecule has 0 aliphatic carbocycles. The lowest BCUT2D eigenvalue weighted by Gasteiger charge is -2.16. The molecule has 0 spiro atoms. The molecule has 1 amide bonds. The van der Waals surface area contributed by atoms with Gasteiger partial charge in [-0.2, -0.15) is 0 Å². The Bertz CT molecular complexity index is 237. The Balaban J connectivity index is 2.43. The molecule has 1 saturated heterocycles. The van der Waals surface area contributed by atoms with E-state index in [1.165, 1.54) is 7.11 Å². The molecule has 0 aromatic carbocycles. The van der Waals surface area contributed by atoms with E-state index in [9.17, 15) is 9.59 Å². The SMILES string of the molecule is CCC(NC(=O)C1CCNC1)C(=O)OC. The van der Waals surface area contributed by atoms with E-state index in [1.807, 2.05) is 6.92 Å². The molecular formula is C10H18N2O3. The van der Waals surface area contributed by atoms with E-state index in [-0.39, 0.29) is 17.8 Å². The summed E-state index contributed by atoms with van der Waals surface area (Å²) in [6, 6.07) is -0.511. The van der Waals surface area contributed by atoms with Crippen LogP contribution in [0.4, 0.5) is 0 Å². The van der Waals surface area contributed by atoms with Crippen LogP contribution in [0, 0.1) is 5.92 Å². The van der Waals surface area contributed by atoms with Crippen LogP contribution in [-0.2, 0) is 14.3 Å². The minimum Gasteiger partial charge on any atom is -0.467 e. The molecule has 0 aromatic rings. The van der Waals surface area contributed by atoms with Gasteiger partial charge < -0.3 is 15.4 Å². The molecule has 2 atom stereocenters. The molecule has 0 aromatic heterocycles. The van der Waals surface area contributed by atoms with E-state index in [1.54, 1.807) is 0 Å². The average Bonchev–Trinajstić information content (AvgIpc) is 2.77. The van der Waals surface area contributed by atoms with Crippen LogP contribution in [-0.4, -0.2) is 38.1 Å². The van der Waals surface area contributed by atoms with Gasteiger partial charge in [-0.05, 0) is 19.4 Å². The van der Waals surface area contributed by atoms with Gasteiger partial charge in [0.15, 0.2) is 0 Å². The second-order valence-electron chi connectivity index (χ2n) is 3.68. The third kappa shape index (κ3) is 3.20. The van der Waals surface area contributed by atoms with Crippen LogP contribution in [0.25, 0.3) is 0 Å². The first-order valence-corrected chi connectivity index (χ1v) is 5.28. The molecule has 5 heteroatoms. The van der Waals surface area contributed by atoms with Crippen molar-refractivity contribution in [1.82, 2.24) is 10.6 Å². The van der Waals surface area contributed by atoms with Gasteiger partial charge in [0.1, 0.15) is 6.04 Å². The summed E-state index contributed by atoms with van der Waals surface area (Å²) < 4.78 is 4.60. The minimum atomic E-state index is -0.511. The first kappa shape index (κ1) is 12.0. The maximum Gasteiger partial charge on any atom is 0.328 e. The average molecular weight is 214 g/mol. The summed E-state index contributed by atoms with van der Waals surface area (Å²) in [7, 11) is 1.33. The molecule has 0 saturated carbocycles. The molecule has 1 rings (SSSR count). The summed E-state index contributed by atoms with van der Waals surface area (Å²) in [6.07, 6.45) is 1.39. The lowest BCUT2D eigenvalue weighted by atomic mass is 10.1. The monoisotopic (exact) mass is 214 g/mol. The maximum absolute atomic E-state index is 11.7. The van der Waals surface area contributed by atoms with Gasteiger partial charge in [-0.15, -0.1) is 0 Å². The van der Waals surface area contributed by atoms with E-state index in [4.69, 9.17) is 0 Å². The van der Waals surface area contributed by atoms with Crippen molar-refractivity contribution in [2.75, 3.05) is 20.2 Å². The number of hydrogen-bond acceptors (Lipinski definition) is 4. The molecule has 15 heavy (non-hydrogen) atoms. The summed E-state index contributed by atoms with van der Waals surface area (Å²) in [5, 5.41) is 5.82. The van der Waals surface area contributed by atoms with Gasteiger partial charge in [0.05, 0.1) is 13.0 Å². The fraction of sp³-hybridized carbons (Fsp3) is 0.800. The molecule has 2 N–H and O–H groups in total. The van der Waals surface area contributed by atoms with Gasteiger partial charge in [0.25, 0.3) is 0 Å². The second-order valence-corrected chi connectivity index (χ2v) is 3.68. The number of carbonyl (C=O) groups is 2. The number of amides is 1. The summed E-state index contributed by atoms with van der Waals surface area (Å²) in [5.74, 6) is -0.447. The molecule has 1 aliphatic rings. The highest BCUT2D eigenvalue weighted by Gasteiger charge is 2.26. The lowest BCUT2D eigenvalue weighted by molar-refractivity contribution is -0.145. The predicted molar refractivity (Wildman–Crippen MR) is 55.2 cm³/mol. The standard InChI is InChI=1S/C10H18N2O3/c1-3-8(10(14)15-2)12-9(13)7-4-5-11-6-7/h7-8,11H,3-6H2,1-2H3,(H,12,13). The maximum atomic E-state index is 11.7. The fourth-order valence-corrected chi connectivity index (χ4v) is 1.64. The number of esters is 1. The Morgan fingerprint density at radius 3 is 2.80 bits per heavy atom. The highest BCUT2D eigenvalue weighted by molar-refractivity contribution is 5.85. The van der Waals surface area contributed by atoms with Crippen molar-refractivity contribution in [3.05, 3.63) is 0 Å². The topological polar surface area (TPSA) is 67.4 Å². The zero-order valence-electron chi connectivity index (χ0n) is 9.21. The predicted octanol–water partition coefficient (Wildman–Crippen LogP) is -0.336. The fourth-order valence-electron chi connectivity index (χ4n) is 1.64. The number of hydrogen-bond donors (Lipinski definition) is 2. The van der Waals surface area contributed by atoms with E-state index in [0.29, 0.717) is 13.0 Å². The lowest BCUT2D eigenvalue weighted by Crippen LogP contribution is -2.44. The van der Waals surface area contributed by atoms with Crippen LogP contribution in [0.15, 0.2) is 0 Å². The normalized spacial score (nSPS) is 22.1. The summed E-state index contributed by atoms with van der Waals surface area (Å²) in [4.78, 5) is 22.9. The number of carbonyl (C=O) groups excluding carboxylic acids is 2. The van der Waals surface area contributed by atoms with E-state index < -0.39 is 6.04 Å². The van der Waals surface area contributed by atoms with Gasteiger partial charge >= 0.3 is 5.97 Å². The Morgan fingerprint density at radius 2 is 2.33 bits per heavy atom. The molecule has 86 valence electrons. The smallest absolute Gasteiger partial charge is 0.328 e. The zero-order chi connectivity index (χ0) is 11.3. The van der Waals surface area contributed by atoms with Crippen molar-refractivity contribution in [3.63, 3.8) is 0 Å². The number of methoxy groups -OCH3 is 1. The van der Waals surface area contributed by atoms with Crippen LogP contribution in [0.5, 0.6) is 0 Å². The highest BCUT2D eigenvalue weighted by atomic mass is 16.5. The van der Waals surface area contributed by atoms with Crippen molar-refractivity contribution in [2.45, 2.75) is 25.8 Å². The van der Waals surface area contributed by atoms with Crippen molar-refractivity contribution in [2.24, 2.45) is 5.92 Å². The Hall–Kier alpha value is -1.10. The van der Waals surface area contributed by atoms with Gasteiger partial charge in [0, 0.05) is 6.54 Å². The van der Waals surface area contributed by atoms with Crippen molar-refractivity contribution in [3.8, 4) is 0 Å². The van der Waals surface area contributed by atoms with Gasteiger partial charge in [-0.1, -0.05) is 6.92 Å². The van der Waals surface area contributed by atoms with Gasteiger partial charge in [-0.3, -0.25) is 4.79 Å². The molecule has 0 radical (unpaired) electrons. The van der Waals surface area contributed by atoms with Crippen LogP contribution < -0.4 is 10.6 Å². The molecule has 0 bridgehead atoms. The van der Waals surface area contributed by atoms with Crippen LogP contribution >= 0.6 is 0 Å². The Labute approximate surface area is 89.6 Å². The van der Waals surface area contributed by atoms with Crippen LogP contribution in [0.3, 0.4) is 0 Å². The highest BCUT2D eigenvalue weighted by Crippen LogP contribution is 2.08. The van der Waals surface area contributed by atoms with Crippen LogP contribution in [0.1, 0.15) is 19.8 Å². The second kappa shape index (κ2) is 5.70. The number of nitrogens with one attached hydrogen (secondary N) is 2. The number of ether oxygens (including phenoxy) is 1. The zero-order valence-corrected chi connectivity index (χ0v) is 9.21. The molecule has 5 nitrogen and oxygen atoms in total. The first-order chi connectivity index (χ1) is 7.19. The quantitative estimate of drug-likeness (QED) is 0.628. The Kier molecular flexibility index (Phi) is 4.55. The van der Waals surface area contributed by atoms with E-state index in [0.717, 1.165) is 13.0 Å². The van der Waals surface area contributed by atoms with Crippen molar-refractivity contribution in [1.29, 1.82) is 0 Å². The molecular weight excluding hydrogens is 196 g/mol. The van der Waals surface area contributed by atoms with E-state index in [2.05, 4.69) is 15.4 Å². The van der Waals surface area contributed by atoms with E-state index >= 15 is 0 Å². The third-order valence-electron chi connectivity index (χ3n) is 2.64. The minimum absolute atomic E-state index is 0.0105. The van der Waals surface area contributed by atoms with Gasteiger partial charge in [0.2, 0.25) is 5.91 Å². The Morgan fingerprint density at radius 1 is 1.60 bits per heavy atom. The largest absolute Gasteiger partial charge is 0.467 e. The summed E-state index contributed by atoms with van der Waals surface area (Å²) in [6.45, 7) is 3.41. The summed E-state index contributed by atoms with van der Waals surface area (Å²) in [5.41, 5.74) is 0. The van der Waals surface area contributed by atoms with Gasteiger partial charge in [-0.25, -0.2) is 4.79 Å². The molecule has 1 aliphatic heterocycles. The third-order valence-corrected chi connectivity index (χ3v) is 2.64. The molecule has 1 heterocycles. The molecule has 2 unspecified atom stereocenters. The first-order valence-electron chi connectivity index (χ1n) is 5.28. The molecule has 1 fully saturated rings. The number of rotatable bonds is 4. The van der Waals surface area contributed by atoms with Crippen molar-refractivity contribution < 1.29 is 14.3 Å². The van der Waals surface area contributed by atoms with Crippen molar-refractivity contribution >= 4 is 11.9 Å². The van der Waals surface area contributed by atoms with Crippen LogP contribution in [0.2, 0.25) is 0 Å².